The smallest absolute Gasteiger partial charge is 0.226 e. The first-order valence-electron chi connectivity index (χ1n) is 7.85. The highest BCUT2D eigenvalue weighted by molar-refractivity contribution is 7.15. The quantitative estimate of drug-likeness (QED) is 0.673. The van der Waals surface area contributed by atoms with E-state index in [1.54, 1.807) is 12.1 Å². The van der Waals surface area contributed by atoms with Crippen LogP contribution in [0.15, 0.2) is 28.8 Å². The molecular weight excluding hydrogens is 362 g/mol. The van der Waals surface area contributed by atoms with Crippen LogP contribution in [-0.4, -0.2) is 26.2 Å². The van der Waals surface area contributed by atoms with E-state index in [-0.39, 0.29) is 5.91 Å². The predicted octanol–water partition coefficient (Wildman–Crippen LogP) is 3.77. The summed E-state index contributed by atoms with van der Waals surface area (Å²) in [5.74, 6) is 0.912. The fraction of sp³-hybridized carbons (Fsp3) is 0.312. The first-order valence-corrected chi connectivity index (χ1v) is 9.04. The Morgan fingerprint density at radius 3 is 2.80 bits per heavy atom. The van der Waals surface area contributed by atoms with Crippen LogP contribution in [0.2, 0.25) is 5.02 Å². The maximum absolute atomic E-state index is 11.9. The van der Waals surface area contributed by atoms with Crippen molar-refractivity contribution in [2.45, 2.75) is 32.6 Å². The molecule has 0 saturated heterocycles. The van der Waals surface area contributed by atoms with Crippen molar-refractivity contribution in [1.82, 2.24) is 20.3 Å². The molecule has 7 nitrogen and oxygen atoms in total. The third kappa shape index (κ3) is 4.83. The lowest BCUT2D eigenvalue weighted by molar-refractivity contribution is -0.116. The summed E-state index contributed by atoms with van der Waals surface area (Å²) in [6, 6.07) is 7.21. The number of hydrogen-bond donors (Lipinski definition) is 1. The third-order valence-electron chi connectivity index (χ3n) is 3.38. The highest BCUT2D eigenvalue weighted by Gasteiger charge is 2.11. The van der Waals surface area contributed by atoms with Gasteiger partial charge in [-0.3, -0.25) is 4.79 Å². The van der Waals surface area contributed by atoms with Gasteiger partial charge in [0.1, 0.15) is 5.01 Å². The normalized spacial score (nSPS) is 10.8. The van der Waals surface area contributed by atoms with Crippen molar-refractivity contribution in [3.8, 4) is 11.4 Å². The molecule has 0 aliphatic carbocycles. The molecule has 0 aliphatic rings. The molecule has 1 amide bonds. The molecule has 0 fully saturated rings. The Morgan fingerprint density at radius 1 is 1.28 bits per heavy atom. The number of rotatable bonds is 7. The van der Waals surface area contributed by atoms with E-state index >= 15 is 0 Å². The molecule has 0 saturated carbocycles. The molecule has 3 rings (SSSR count). The molecule has 0 atom stereocenters. The largest absolute Gasteiger partial charge is 0.339 e. The van der Waals surface area contributed by atoms with E-state index < -0.39 is 0 Å². The van der Waals surface area contributed by atoms with Gasteiger partial charge in [-0.05, 0) is 37.1 Å². The Morgan fingerprint density at radius 2 is 2.08 bits per heavy atom. The minimum absolute atomic E-state index is 0.101. The zero-order valence-corrected chi connectivity index (χ0v) is 15.1. The van der Waals surface area contributed by atoms with Crippen molar-refractivity contribution in [1.29, 1.82) is 0 Å². The van der Waals surface area contributed by atoms with Crippen LogP contribution in [0.4, 0.5) is 5.13 Å². The molecule has 0 radical (unpaired) electrons. The van der Waals surface area contributed by atoms with Gasteiger partial charge in [-0.1, -0.05) is 35.0 Å². The number of aryl methyl sites for hydroxylation is 2. The van der Waals surface area contributed by atoms with Gasteiger partial charge in [-0.25, -0.2) is 0 Å². The summed E-state index contributed by atoms with van der Waals surface area (Å²) in [6.07, 6.45) is 2.29. The van der Waals surface area contributed by atoms with E-state index in [9.17, 15) is 4.79 Å². The van der Waals surface area contributed by atoms with Gasteiger partial charge in [0.2, 0.25) is 22.8 Å². The molecular formula is C16H16ClN5O2S. The maximum Gasteiger partial charge on any atom is 0.226 e. The number of hydrogen-bond acceptors (Lipinski definition) is 7. The number of halogens is 1. The van der Waals surface area contributed by atoms with Crippen molar-refractivity contribution in [2.75, 3.05) is 5.32 Å². The van der Waals surface area contributed by atoms with Crippen molar-refractivity contribution < 1.29 is 9.32 Å². The number of carbonyl (C=O) groups is 1. The third-order valence-corrected chi connectivity index (χ3v) is 4.62. The number of benzene rings is 1. The molecule has 9 heteroatoms. The fourth-order valence-corrected chi connectivity index (χ4v) is 2.92. The Bertz CT molecular complexity index is 846. The SMILES string of the molecule is CCc1nnc(NC(=O)CCCc2nc(-c3ccc(Cl)cc3)no2)s1. The van der Waals surface area contributed by atoms with Crippen molar-refractivity contribution in [3.05, 3.63) is 40.2 Å². The zero-order chi connectivity index (χ0) is 17.6. The lowest BCUT2D eigenvalue weighted by atomic mass is 10.2. The number of nitrogens with one attached hydrogen (secondary N) is 1. The summed E-state index contributed by atoms with van der Waals surface area (Å²) >= 11 is 7.25. The van der Waals surface area contributed by atoms with Gasteiger partial charge in [0.05, 0.1) is 0 Å². The van der Waals surface area contributed by atoms with Crippen molar-refractivity contribution in [3.63, 3.8) is 0 Å². The zero-order valence-electron chi connectivity index (χ0n) is 13.5. The van der Waals surface area contributed by atoms with E-state index in [1.165, 1.54) is 11.3 Å². The van der Waals surface area contributed by atoms with Crippen LogP contribution in [-0.2, 0) is 17.6 Å². The van der Waals surface area contributed by atoms with E-state index in [0.717, 1.165) is 17.0 Å². The number of nitrogens with zero attached hydrogens (tertiary/aromatic N) is 4. The molecule has 0 bridgehead atoms. The topological polar surface area (TPSA) is 93.8 Å². The summed E-state index contributed by atoms with van der Waals surface area (Å²) < 4.78 is 5.22. The first-order chi connectivity index (χ1) is 12.1. The Balaban J connectivity index is 1.47. The number of aromatic nitrogens is 4. The average Bonchev–Trinajstić information content (AvgIpc) is 3.25. The van der Waals surface area contributed by atoms with Gasteiger partial charge in [-0.2, -0.15) is 4.98 Å². The molecule has 2 heterocycles. The van der Waals surface area contributed by atoms with E-state index in [2.05, 4.69) is 25.7 Å². The monoisotopic (exact) mass is 377 g/mol. The van der Waals surface area contributed by atoms with Crippen LogP contribution in [0, 0.1) is 0 Å². The van der Waals surface area contributed by atoms with Gasteiger partial charge in [0, 0.05) is 23.4 Å². The summed E-state index contributed by atoms with van der Waals surface area (Å²) in [5, 5.41) is 16.7. The van der Waals surface area contributed by atoms with E-state index in [4.69, 9.17) is 16.1 Å². The predicted molar refractivity (Wildman–Crippen MR) is 95.6 cm³/mol. The lowest BCUT2D eigenvalue weighted by Gasteiger charge is -1.99. The second kappa shape index (κ2) is 8.17. The highest BCUT2D eigenvalue weighted by atomic mass is 35.5. The van der Waals surface area contributed by atoms with Crippen molar-refractivity contribution in [2.24, 2.45) is 0 Å². The molecule has 2 aromatic heterocycles. The van der Waals surface area contributed by atoms with E-state index in [0.29, 0.717) is 41.1 Å². The molecule has 0 aliphatic heterocycles. The van der Waals surface area contributed by atoms with Gasteiger partial charge in [0.15, 0.2) is 0 Å². The van der Waals surface area contributed by atoms with Gasteiger partial charge in [0.25, 0.3) is 0 Å². The molecule has 0 spiro atoms. The number of amides is 1. The lowest BCUT2D eigenvalue weighted by Crippen LogP contribution is -2.11. The molecule has 0 unspecified atom stereocenters. The minimum atomic E-state index is -0.101. The van der Waals surface area contributed by atoms with Gasteiger partial charge >= 0.3 is 0 Å². The average molecular weight is 378 g/mol. The molecule has 25 heavy (non-hydrogen) atoms. The Kier molecular flexibility index (Phi) is 5.72. The summed E-state index contributed by atoms with van der Waals surface area (Å²) in [7, 11) is 0. The maximum atomic E-state index is 11.9. The summed E-state index contributed by atoms with van der Waals surface area (Å²) in [5.41, 5.74) is 0.833. The van der Waals surface area contributed by atoms with Crippen LogP contribution in [0.1, 0.15) is 30.7 Å². The summed E-state index contributed by atoms with van der Waals surface area (Å²) in [4.78, 5) is 16.2. The minimum Gasteiger partial charge on any atom is -0.339 e. The molecule has 1 aromatic carbocycles. The Labute approximate surface area is 153 Å². The summed E-state index contributed by atoms with van der Waals surface area (Å²) in [6.45, 7) is 1.99. The van der Waals surface area contributed by atoms with Crippen LogP contribution in [0.5, 0.6) is 0 Å². The highest BCUT2D eigenvalue weighted by Crippen LogP contribution is 2.19. The van der Waals surface area contributed by atoms with Crippen LogP contribution in [0.3, 0.4) is 0 Å². The number of anilines is 1. The molecule has 3 aromatic rings. The second-order valence-electron chi connectivity index (χ2n) is 5.27. The van der Waals surface area contributed by atoms with Gasteiger partial charge in [-0.15, -0.1) is 10.2 Å². The fourth-order valence-electron chi connectivity index (χ4n) is 2.10. The van der Waals surface area contributed by atoms with Crippen LogP contribution >= 0.6 is 22.9 Å². The van der Waals surface area contributed by atoms with Crippen molar-refractivity contribution >= 4 is 34.0 Å². The van der Waals surface area contributed by atoms with Crippen LogP contribution < -0.4 is 5.32 Å². The number of carbonyl (C=O) groups excluding carboxylic acids is 1. The molecule has 1 N–H and O–H groups in total. The first kappa shape index (κ1) is 17.5. The van der Waals surface area contributed by atoms with Gasteiger partial charge < -0.3 is 9.84 Å². The standard InChI is InChI=1S/C16H16ClN5O2S/c1-2-14-20-21-16(25-14)18-12(23)4-3-5-13-19-15(22-24-13)10-6-8-11(17)9-7-10/h6-9H,2-5H2,1H3,(H,18,21,23). The second-order valence-corrected chi connectivity index (χ2v) is 6.77. The Hall–Kier alpha value is -2.32. The van der Waals surface area contributed by atoms with Crippen LogP contribution in [0.25, 0.3) is 11.4 Å². The van der Waals surface area contributed by atoms with E-state index in [1.807, 2.05) is 19.1 Å². The molecule has 130 valence electrons.